The van der Waals surface area contributed by atoms with Gasteiger partial charge in [0.1, 0.15) is 0 Å². The molecule has 0 bridgehead atoms. The van der Waals surface area contributed by atoms with E-state index in [1.165, 1.54) is 5.56 Å². The van der Waals surface area contributed by atoms with Crippen LogP contribution in [-0.2, 0) is 16.2 Å². The predicted molar refractivity (Wildman–Crippen MR) is 63.6 cm³/mol. The smallest absolute Gasteiger partial charge is 0.693 e. The summed E-state index contributed by atoms with van der Waals surface area (Å²) in [6.45, 7) is 3.91. The van der Waals surface area contributed by atoms with Crippen LogP contribution in [0.15, 0.2) is 18.2 Å². The monoisotopic (exact) mass is 306 g/mol. The van der Waals surface area contributed by atoms with Gasteiger partial charge in [-0.3, -0.25) is 0 Å². The fourth-order valence-corrected chi connectivity index (χ4v) is 0.928. The number of hydrogen-bond acceptors (Lipinski definition) is 1. The molecule has 0 unspecified atom stereocenters. The van der Waals surface area contributed by atoms with Crippen molar-refractivity contribution in [2.75, 3.05) is 0 Å². The van der Waals surface area contributed by atoms with Crippen LogP contribution in [0.2, 0.25) is 0 Å². The van der Waals surface area contributed by atoms with E-state index >= 15 is 0 Å². The number of hydrogen-bond donors (Lipinski definition) is 0. The Bertz CT molecular complexity index is 305. The summed E-state index contributed by atoms with van der Waals surface area (Å²) < 4.78 is 0. The normalized spacial score (nSPS) is 8.67. The van der Waals surface area contributed by atoms with E-state index in [1.54, 1.807) is 6.07 Å². The molecule has 15 heavy (non-hydrogen) atoms. The first-order chi connectivity index (χ1) is 6.47. The number of halogens is 3. The molecule has 0 aliphatic rings. The maximum absolute atomic E-state index is 10.2. The van der Waals surface area contributed by atoms with Crippen molar-refractivity contribution in [1.29, 1.82) is 0 Å². The van der Waals surface area contributed by atoms with Gasteiger partial charge in [0.05, 0.1) is 6.29 Å². The third-order valence-corrected chi connectivity index (χ3v) is 1.49. The van der Waals surface area contributed by atoms with Crippen LogP contribution in [0, 0.1) is 13.8 Å². The summed E-state index contributed by atoms with van der Waals surface area (Å²) in [5, 5.41) is 0. The molecular formula is C9H11Cl3CrNO-2. The summed E-state index contributed by atoms with van der Waals surface area (Å²) in [6.07, 6.45) is 1.87. The molecule has 0 amide bonds. The van der Waals surface area contributed by atoms with Crippen LogP contribution in [0.5, 0.6) is 0 Å². The number of nitrogens with two attached hydrogens (primary N) is 1. The topological polar surface area (TPSA) is 50.6 Å². The Morgan fingerprint density at radius 2 is 1.67 bits per heavy atom. The molecule has 0 aliphatic carbocycles. The Morgan fingerprint density at radius 1 is 1.20 bits per heavy atom. The van der Waals surface area contributed by atoms with E-state index in [0.717, 1.165) is 5.56 Å². The van der Waals surface area contributed by atoms with Crippen molar-refractivity contribution < 1.29 is 16.2 Å². The fourth-order valence-electron chi connectivity index (χ4n) is 0.928. The van der Waals surface area contributed by atoms with Gasteiger partial charge in [0, 0.05) is 0 Å². The van der Waals surface area contributed by atoms with Crippen LogP contribution in [0.25, 0.3) is 6.15 Å². The molecule has 0 aliphatic heterocycles. The van der Waals surface area contributed by atoms with E-state index in [4.69, 9.17) is 30.1 Å². The number of aryl methyl sites for hydroxylation is 2. The minimum Gasteiger partial charge on any atom is -0.693 e. The van der Waals surface area contributed by atoms with Crippen LogP contribution in [-0.4, -0.2) is 6.29 Å². The van der Waals surface area contributed by atoms with Gasteiger partial charge in [0.25, 0.3) is 0 Å². The molecule has 0 spiro atoms. The van der Waals surface area contributed by atoms with Gasteiger partial charge in [0.2, 0.25) is 0 Å². The summed E-state index contributed by atoms with van der Waals surface area (Å²) >= 11 is -1.62. The van der Waals surface area contributed by atoms with E-state index in [-0.39, 0.29) is 6.15 Å². The minimum atomic E-state index is -1.62. The second-order valence-electron chi connectivity index (χ2n) is 2.60. The maximum atomic E-state index is 10.2. The van der Waals surface area contributed by atoms with Gasteiger partial charge in [-0.1, -0.05) is 12.5 Å². The van der Waals surface area contributed by atoms with Gasteiger partial charge >= 0.3 is 41.5 Å². The van der Waals surface area contributed by atoms with Gasteiger partial charge in [-0.2, -0.15) is 6.07 Å². The Morgan fingerprint density at radius 3 is 2.00 bits per heavy atom. The Labute approximate surface area is 107 Å². The summed E-state index contributed by atoms with van der Waals surface area (Å²) in [6, 6.07) is 5.67. The van der Waals surface area contributed by atoms with Gasteiger partial charge in [-0.25, -0.2) is 0 Å². The van der Waals surface area contributed by atoms with Crippen molar-refractivity contribution >= 4 is 36.4 Å². The SMILES string of the molecule is Cc1ccc([C-]=O)c(C)c1.[Cl][Cr]([Cl])[Cl].[NH2-]. The van der Waals surface area contributed by atoms with Crippen LogP contribution < -0.4 is 0 Å². The van der Waals surface area contributed by atoms with Crippen molar-refractivity contribution in [3.05, 3.63) is 41.0 Å². The number of rotatable bonds is 1. The Balaban J connectivity index is 0. The van der Waals surface area contributed by atoms with Gasteiger partial charge in [0.15, 0.2) is 0 Å². The van der Waals surface area contributed by atoms with Crippen LogP contribution >= 0.6 is 30.1 Å². The fraction of sp³-hybridized carbons (Fsp3) is 0.222. The van der Waals surface area contributed by atoms with Crippen molar-refractivity contribution in [3.8, 4) is 0 Å². The maximum Gasteiger partial charge on any atom is -0.693 e. The van der Waals surface area contributed by atoms with Crippen molar-refractivity contribution in [2.45, 2.75) is 13.8 Å². The quantitative estimate of drug-likeness (QED) is 0.702. The molecule has 2 N–H and O–H groups in total. The summed E-state index contributed by atoms with van der Waals surface area (Å²) in [7, 11) is 14.8. The van der Waals surface area contributed by atoms with E-state index in [2.05, 4.69) is 0 Å². The molecule has 0 saturated heterocycles. The first kappa shape index (κ1) is 17.6. The first-order valence-corrected chi connectivity index (χ1v) is 8.92. The minimum absolute atomic E-state index is 0. The Hall–Kier alpha value is 0.252. The second kappa shape index (κ2) is 9.48. The number of benzene rings is 1. The summed E-state index contributed by atoms with van der Waals surface area (Å²) in [5.74, 6) is 0. The van der Waals surface area contributed by atoms with E-state index < -0.39 is 11.4 Å². The zero-order chi connectivity index (χ0) is 11.1. The first-order valence-electron chi connectivity index (χ1n) is 3.66. The third-order valence-electron chi connectivity index (χ3n) is 1.49. The Kier molecular flexibility index (Phi) is 11.1. The molecule has 0 atom stereocenters. The summed E-state index contributed by atoms with van der Waals surface area (Å²) in [5.41, 5.74) is 2.83. The molecule has 0 heterocycles. The molecule has 1 rings (SSSR count). The predicted octanol–water partition coefficient (Wildman–Crippen LogP) is 4.54. The molecule has 87 valence electrons. The molecule has 2 nitrogen and oxygen atoms in total. The van der Waals surface area contributed by atoms with Gasteiger partial charge < -0.3 is 10.9 Å². The zero-order valence-electron chi connectivity index (χ0n) is 8.26. The standard InChI is InChI=1S/C9H9O.3ClH.Cr.H2N/c1-7-3-4-9(6-10)8(2)5-7;;;;;/h3-5H,1-2H3;3*1H;;1H2/q-1;;;;+3;-1/p-3. The average molecular weight is 308 g/mol. The van der Waals surface area contributed by atoms with Crippen molar-refractivity contribution in [2.24, 2.45) is 0 Å². The van der Waals surface area contributed by atoms with Crippen molar-refractivity contribution in [1.82, 2.24) is 0 Å². The molecular weight excluding hydrogens is 296 g/mol. The van der Waals surface area contributed by atoms with E-state index in [0.29, 0.717) is 5.56 Å². The molecule has 0 fully saturated rings. The largest absolute Gasteiger partial charge is 0.693 e. The number of carbonyl (C=O) groups excluding carboxylic acids is 1. The molecule has 1 aromatic carbocycles. The average Bonchev–Trinajstić information content (AvgIpc) is 2.03. The van der Waals surface area contributed by atoms with Gasteiger partial charge in [-0.15, -0.1) is 23.3 Å². The molecule has 0 aromatic heterocycles. The van der Waals surface area contributed by atoms with E-state index in [1.807, 2.05) is 32.3 Å². The molecule has 0 saturated carbocycles. The molecule has 6 heteroatoms. The van der Waals surface area contributed by atoms with E-state index in [9.17, 15) is 4.79 Å². The zero-order valence-corrected chi connectivity index (χ0v) is 11.8. The van der Waals surface area contributed by atoms with Crippen molar-refractivity contribution in [3.63, 3.8) is 0 Å². The summed E-state index contributed by atoms with van der Waals surface area (Å²) in [4.78, 5) is 10.2. The van der Waals surface area contributed by atoms with Crippen LogP contribution in [0.3, 0.4) is 0 Å². The van der Waals surface area contributed by atoms with Crippen LogP contribution in [0.4, 0.5) is 0 Å². The van der Waals surface area contributed by atoms with Crippen LogP contribution in [0.1, 0.15) is 16.7 Å². The second-order valence-corrected chi connectivity index (χ2v) is 8.91. The molecule has 0 radical (unpaired) electrons. The third kappa shape index (κ3) is 9.20. The van der Waals surface area contributed by atoms with Gasteiger partial charge in [-0.05, 0) is 6.92 Å². The molecule has 1 aromatic rings.